The van der Waals surface area contributed by atoms with Gasteiger partial charge in [0, 0.05) is 0 Å². The predicted molar refractivity (Wildman–Crippen MR) is 114 cm³/mol. The van der Waals surface area contributed by atoms with E-state index in [1.165, 1.54) is 18.2 Å². The van der Waals surface area contributed by atoms with Crippen molar-refractivity contribution in [1.29, 1.82) is 0 Å². The molecule has 2 amide bonds. The number of halogens is 2. The smallest absolute Gasteiger partial charge is 0.341 e. The summed E-state index contributed by atoms with van der Waals surface area (Å²) in [4.78, 5) is 36.7. The van der Waals surface area contributed by atoms with Crippen molar-refractivity contribution < 1.29 is 29.0 Å². The SMILES string of the molecule is O=C(O)COc1c(Cl)cc(/C=C2\SC(=O)N(CCOc3ccccc3)C2=O)cc1Cl. The summed E-state index contributed by atoms with van der Waals surface area (Å²) in [6.45, 7) is -0.314. The average molecular weight is 468 g/mol. The molecule has 3 rings (SSSR count). The molecule has 0 bridgehead atoms. The lowest BCUT2D eigenvalue weighted by molar-refractivity contribution is -0.139. The van der Waals surface area contributed by atoms with Gasteiger partial charge in [0.1, 0.15) is 12.4 Å². The zero-order valence-corrected chi connectivity index (χ0v) is 17.7. The maximum absolute atomic E-state index is 12.6. The number of carbonyl (C=O) groups is 3. The second-order valence-corrected chi connectivity index (χ2v) is 7.80. The molecule has 1 aliphatic rings. The van der Waals surface area contributed by atoms with E-state index in [9.17, 15) is 14.4 Å². The molecule has 10 heteroatoms. The monoisotopic (exact) mass is 467 g/mol. The lowest BCUT2D eigenvalue weighted by Crippen LogP contribution is -2.32. The summed E-state index contributed by atoms with van der Waals surface area (Å²) in [5.74, 6) is -0.935. The van der Waals surface area contributed by atoms with Gasteiger partial charge in [0.05, 0.1) is 21.5 Å². The number of carbonyl (C=O) groups excluding carboxylic acids is 2. The first-order valence-electron chi connectivity index (χ1n) is 8.62. The minimum atomic E-state index is -1.17. The van der Waals surface area contributed by atoms with Gasteiger partial charge >= 0.3 is 5.97 Å². The quantitative estimate of drug-likeness (QED) is 0.568. The standard InChI is InChI=1S/C20H15Cl2NO6S/c21-14-8-12(9-15(22)18(14)29-11-17(24)25)10-16-19(26)23(20(27)30-16)6-7-28-13-4-2-1-3-5-13/h1-5,8-10H,6-7,11H2,(H,24,25)/b16-10-. The van der Waals surface area contributed by atoms with Crippen LogP contribution in [0, 0.1) is 0 Å². The molecule has 0 aliphatic carbocycles. The highest BCUT2D eigenvalue weighted by atomic mass is 35.5. The van der Waals surface area contributed by atoms with Gasteiger partial charge in [0.2, 0.25) is 0 Å². The maximum atomic E-state index is 12.6. The Balaban J connectivity index is 1.68. The Kier molecular flexibility index (Phi) is 7.25. The van der Waals surface area contributed by atoms with Crippen molar-refractivity contribution in [2.24, 2.45) is 0 Å². The zero-order valence-electron chi connectivity index (χ0n) is 15.3. The Morgan fingerprint density at radius 1 is 1.10 bits per heavy atom. The fourth-order valence-corrected chi connectivity index (χ4v) is 4.03. The van der Waals surface area contributed by atoms with Gasteiger partial charge in [-0.3, -0.25) is 14.5 Å². The number of amides is 2. The Bertz CT molecular complexity index is 989. The van der Waals surface area contributed by atoms with Crippen LogP contribution in [0.3, 0.4) is 0 Å². The molecule has 2 aromatic carbocycles. The van der Waals surface area contributed by atoms with E-state index in [-0.39, 0.29) is 33.9 Å². The molecule has 1 N–H and O–H groups in total. The molecule has 0 unspecified atom stereocenters. The second-order valence-electron chi connectivity index (χ2n) is 5.99. The van der Waals surface area contributed by atoms with E-state index in [0.29, 0.717) is 11.3 Å². The minimum absolute atomic E-state index is 0.0315. The van der Waals surface area contributed by atoms with Crippen molar-refractivity contribution in [3.63, 3.8) is 0 Å². The number of thioether (sulfide) groups is 1. The van der Waals surface area contributed by atoms with Crippen molar-refractivity contribution in [3.05, 3.63) is 63.0 Å². The molecule has 0 saturated carbocycles. The summed E-state index contributed by atoms with van der Waals surface area (Å²) >= 11 is 13.0. The number of hydrogen-bond acceptors (Lipinski definition) is 6. The Morgan fingerprint density at radius 2 is 1.77 bits per heavy atom. The number of para-hydroxylation sites is 1. The van der Waals surface area contributed by atoms with Gasteiger partial charge in [-0.05, 0) is 47.7 Å². The van der Waals surface area contributed by atoms with Crippen LogP contribution in [-0.4, -0.2) is 46.9 Å². The lowest BCUT2D eigenvalue weighted by atomic mass is 10.2. The van der Waals surface area contributed by atoms with Crippen LogP contribution in [0.15, 0.2) is 47.4 Å². The van der Waals surface area contributed by atoms with Crippen LogP contribution in [0.5, 0.6) is 11.5 Å². The lowest BCUT2D eigenvalue weighted by Gasteiger charge is -2.13. The molecule has 7 nitrogen and oxygen atoms in total. The molecule has 1 heterocycles. The number of imide groups is 1. The summed E-state index contributed by atoms with van der Waals surface area (Å²) < 4.78 is 10.6. The van der Waals surface area contributed by atoms with Gasteiger partial charge in [-0.1, -0.05) is 41.4 Å². The minimum Gasteiger partial charge on any atom is -0.492 e. The maximum Gasteiger partial charge on any atom is 0.341 e. The number of ether oxygens (including phenoxy) is 2. The molecule has 1 fully saturated rings. The molecule has 1 aliphatic heterocycles. The summed E-state index contributed by atoms with van der Waals surface area (Å²) in [5.41, 5.74) is 0.471. The van der Waals surface area contributed by atoms with E-state index in [1.807, 2.05) is 18.2 Å². The van der Waals surface area contributed by atoms with E-state index >= 15 is 0 Å². The van der Waals surface area contributed by atoms with E-state index in [0.717, 1.165) is 16.7 Å². The number of carboxylic acids is 1. The first-order chi connectivity index (χ1) is 14.3. The van der Waals surface area contributed by atoms with Crippen molar-refractivity contribution in [2.45, 2.75) is 0 Å². The highest BCUT2D eigenvalue weighted by Gasteiger charge is 2.34. The third-order valence-electron chi connectivity index (χ3n) is 3.86. The summed E-state index contributed by atoms with van der Waals surface area (Å²) in [5, 5.41) is 8.48. The summed E-state index contributed by atoms with van der Waals surface area (Å²) in [6, 6.07) is 12.0. The molecule has 2 aromatic rings. The molecule has 30 heavy (non-hydrogen) atoms. The topological polar surface area (TPSA) is 93.1 Å². The van der Waals surface area contributed by atoms with Crippen LogP contribution in [0.4, 0.5) is 4.79 Å². The van der Waals surface area contributed by atoms with Gasteiger partial charge in [-0.15, -0.1) is 0 Å². The van der Waals surface area contributed by atoms with E-state index < -0.39 is 23.7 Å². The Hall–Kier alpha value is -2.68. The van der Waals surface area contributed by atoms with Gasteiger partial charge < -0.3 is 14.6 Å². The molecule has 0 spiro atoms. The molecule has 0 atom stereocenters. The zero-order chi connectivity index (χ0) is 21.7. The normalized spacial score (nSPS) is 15.0. The number of rotatable bonds is 8. The molecular weight excluding hydrogens is 453 g/mol. The van der Waals surface area contributed by atoms with Crippen LogP contribution in [-0.2, 0) is 9.59 Å². The van der Waals surface area contributed by atoms with Crippen LogP contribution >= 0.6 is 35.0 Å². The molecule has 156 valence electrons. The first-order valence-corrected chi connectivity index (χ1v) is 10.2. The summed E-state index contributed by atoms with van der Waals surface area (Å²) in [7, 11) is 0. The van der Waals surface area contributed by atoms with Crippen LogP contribution in [0.25, 0.3) is 6.08 Å². The molecule has 0 radical (unpaired) electrons. The molecule has 0 aromatic heterocycles. The number of carboxylic acid groups (broad SMARTS) is 1. The fraction of sp³-hybridized carbons (Fsp3) is 0.150. The van der Waals surface area contributed by atoms with E-state index in [4.69, 9.17) is 37.8 Å². The fourth-order valence-electron chi connectivity index (χ4n) is 2.55. The second kappa shape index (κ2) is 9.88. The van der Waals surface area contributed by atoms with Gasteiger partial charge in [0.15, 0.2) is 12.4 Å². The van der Waals surface area contributed by atoms with Crippen molar-refractivity contribution in [3.8, 4) is 11.5 Å². The predicted octanol–water partition coefficient (Wildman–Crippen LogP) is 4.57. The average Bonchev–Trinajstić information content (AvgIpc) is 2.95. The van der Waals surface area contributed by atoms with Crippen LogP contribution in [0.2, 0.25) is 10.0 Å². The van der Waals surface area contributed by atoms with Crippen molar-refractivity contribution >= 4 is 58.2 Å². The molecular formula is C20H15Cl2NO6S. The Labute approximate surface area is 186 Å². The Morgan fingerprint density at radius 3 is 2.40 bits per heavy atom. The van der Waals surface area contributed by atoms with Gasteiger partial charge in [-0.25, -0.2) is 4.79 Å². The first kappa shape index (κ1) is 22.0. The number of nitrogens with zero attached hydrogens (tertiary/aromatic N) is 1. The molecule has 1 saturated heterocycles. The third kappa shape index (κ3) is 5.47. The van der Waals surface area contributed by atoms with Gasteiger partial charge in [-0.2, -0.15) is 0 Å². The van der Waals surface area contributed by atoms with Crippen LogP contribution in [0.1, 0.15) is 5.56 Å². The highest BCUT2D eigenvalue weighted by molar-refractivity contribution is 8.18. The number of hydrogen-bond donors (Lipinski definition) is 1. The van der Waals surface area contributed by atoms with E-state index in [2.05, 4.69) is 0 Å². The van der Waals surface area contributed by atoms with Crippen molar-refractivity contribution in [2.75, 3.05) is 19.8 Å². The van der Waals surface area contributed by atoms with E-state index in [1.54, 1.807) is 12.1 Å². The van der Waals surface area contributed by atoms with Crippen molar-refractivity contribution in [1.82, 2.24) is 4.90 Å². The van der Waals surface area contributed by atoms with Crippen LogP contribution < -0.4 is 9.47 Å². The number of benzene rings is 2. The number of aliphatic carboxylic acids is 1. The summed E-state index contributed by atoms with van der Waals surface area (Å²) in [6.07, 6.45) is 1.49. The third-order valence-corrected chi connectivity index (χ3v) is 5.33. The highest BCUT2D eigenvalue weighted by Crippen LogP contribution is 2.37. The van der Waals surface area contributed by atoms with Gasteiger partial charge in [0.25, 0.3) is 11.1 Å². The largest absolute Gasteiger partial charge is 0.492 e.